The van der Waals surface area contributed by atoms with E-state index in [-0.39, 0.29) is 5.57 Å². The van der Waals surface area contributed by atoms with Crippen LogP contribution >= 0.6 is 0 Å². The molecule has 0 aliphatic heterocycles. The van der Waals surface area contributed by atoms with Crippen LogP contribution < -0.4 is 14.8 Å². The fourth-order valence-electron chi connectivity index (χ4n) is 2.20. The van der Waals surface area contributed by atoms with Gasteiger partial charge in [-0.15, -0.1) is 0 Å². The third-order valence-corrected chi connectivity index (χ3v) is 3.54. The van der Waals surface area contributed by atoms with Gasteiger partial charge in [-0.05, 0) is 54.0 Å². The highest BCUT2D eigenvalue weighted by atomic mass is 19.1. The Morgan fingerprint density at radius 3 is 2.52 bits per heavy atom. The van der Waals surface area contributed by atoms with E-state index in [2.05, 4.69) is 5.32 Å². The first-order valence-electron chi connectivity index (χ1n) is 8.42. The normalized spacial score (nSPS) is 11.0. The van der Waals surface area contributed by atoms with Crippen LogP contribution in [0.2, 0.25) is 0 Å². The molecule has 0 radical (unpaired) electrons. The number of ether oxygens (including phenoxy) is 2. The fourth-order valence-corrected chi connectivity index (χ4v) is 2.20. The van der Waals surface area contributed by atoms with E-state index >= 15 is 0 Å². The van der Waals surface area contributed by atoms with E-state index in [0.717, 1.165) is 0 Å². The third-order valence-electron chi connectivity index (χ3n) is 3.54. The third kappa shape index (κ3) is 5.86. The van der Waals surface area contributed by atoms with Crippen LogP contribution in [0.3, 0.4) is 0 Å². The number of hydrogen-bond acceptors (Lipinski definition) is 4. The van der Waals surface area contributed by atoms with E-state index in [1.165, 1.54) is 30.3 Å². The first kappa shape index (κ1) is 20.0. The van der Waals surface area contributed by atoms with Crippen LogP contribution in [-0.4, -0.2) is 19.6 Å². The first-order valence-corrected chi connectivity index (χ1v) is 8.42. The van der Waals surface area contributed by atoms with Gasteiger partial charge in [0.2, 0.25) is 0 Å². The van der Waals surface area contributed by atoms with Gasteiger partial charge in [0.05, 0.1) is 13.7 Å². The topological polar surface area (TPSA) is 71.3 Å². The molecule has 0 saturated heterocycles. The molecule has 0 saturated carbocycles. The monoisotopic (exact) mass is 368 g/mol. The maximum absolute atomic E-state index is 13.0. The summed E-state index contributed by atoms with van der Waals surface area (Å²) < 4.78 is 24.0. The molecule has 0 unspecified atom stereocenters. The zero-order chi connectivity index (χ0) is 19.8. The highest BCUT2D eigenvalue weighted by Crippen LogP contribution is 2.29. The van der Waals surface area contributed by atoms with E-state index in [4.69, 9.17) is 9.47 Å². The number of nitrogens with zero attached hydrogens (tertiary/aromatic N) is 1. The molecule has 0 heterocycles. The van der Waals surface area contributed by atoms with Gasteiger partial charge in [-0.1, -0.05) is 19.9 Å². The Morgan fingerprint density at radius 2 is 1.93 bits per heavy atom. The van der Waals surface area contributed by atoms with Crippen molar-refractivity contribution in [2.24, 2.45) is 5.92 Å². The van der Waals surface area contributed by atoms with E-state index in [0.29, 0.717) is 35.3 Å². The second-order valence-corrected chi connectivity index (χ2v) is 6.25. The van der Waals surface area contributed by atoms with Gasteiger partial charge in [-0.3, -0.25) is 4.79 Å². The number of rotatable bonds is 7. The van der Waals surface area contributed by atoms with Gasteiger partial charge >= 0.3 is 0 Å². The standard InChI is InChI=1S/C21H21FN2O3/c1-14(2)13-27-20-11-15(4-9-19(20)26-3)10-16(12-23)21(25)24-18-7-5-17(22)6-8-18/h4-11,14H,13H2,1-3H3,(H,24,25)/b16-10+. The summed E-state index contributed by atoms with van der Waals surface area (Å²) in [5.41, 5.74) is 0.943. The zero-order valence-corrected chi connectivity index (χ0v) is 15.5. The van der Waals surface area contributed by atoms with Gasteiger partial charge in [-0.2, -0.15) is 5.26 Å². The van der Waals surface area contributed by atoms with E-state index in [1.807, 2.05) is 19.9 Å². The SMILES string of the molecule is COc1ccc(/C=C(\C#N)C(=O)Nc2ccc(F)cc2)cc1OCC(C)C. The average molecular weight is 368 g/mol. The van der Waals surface area contributed by atoms with Crippen molar-refractivity contribution in [2.45, 2.75) is 13.8 Å². The van der Waals surface area contributed by atoms with Crippen LogP contribution in [0.25, 0.3) is 6.08 Å². The van der Waals surface area contributed by atoms with Crippen molar-refractivity contribution in [1.82, 2.24) is 0 Å². The van der Waals surface area contributed by atoms with E-state index in [1.54, 1.807) is 25.3 Å². The quantitative estimate of drug-likeness (QED) is 0.580. The molecule has 2 rings (SSSR count). The number of nitrogens with one attached hydrogen (secondary N) is 1. The number of anilines is 1. The summed E-state index contributed by atoms with van der Waals surface area (Å²) in [5, 5.41) is 11.9. The molecule has 0 fully saturated rings. The van der Waals surface area contributed by atoms with Crippen molar-refractivity contribution in [3.8, 4) is 17.6 Å². The van der Waals surface area contributed by atoms with Crippen molar-refractivity contribution in [3.63, 3.8) is 0 Å². The Balaban J connectivity index is 2.22. The molecule has 0 aromatic heterocycles. The number of amides is 1. The molecule has 0 atom stereocenters. The summed E-state index contributed by atoms with van der Waals surface area (Å²) in [5.74, 6) is 0.462. The molecule has 5 nitrogen and oxygen atoms in total. The van der Waals surface area contributed by atoms with Crippen LogP contribution in [0, 0.1) is 23.1 Å². The predicted molar refractivity (Wildman–Crippen MR) is 102 cm³/mol. The van der Waals surface area contributed by atoms with Crippen LogP contribution in [0.4, 0.5) is 10.1 Å². The Bertz CT molecular complexity index is 868. The summed E-state index contributed by atoms with van der Waals surface area (Å²) in [6, 6.07) is 12.3. The molecular weight excluding hydrogens is 347 g/mol. The summed E-state index contributed by atoms with van der Waals surface area (Å²) in [6.45, 7) is 4.58. The largest absolute Gasteiger partial charge is 0.493 e. The molecule has 0 aliphatic carbocycles. The minimum atomic E-state index is -0.579. The van der Waals surface area contributed by atoms with E-state index in [9.17, 15) is 14.4 Å². The molecule has 0 spiro atoms. The van der Waals surface area contributed by atoms with Gasteiger partial charge in [0.15, 0.2) is 11.5 Å². The molecule has 27 heavy (non-hydrogen) atoms. The van der Waals surface area contributed by atoms with Crippen LogP contribution in [0.1, 0.15) is 19.4 Å². The molecule has 140 valence electrons. The Kier molecular flexibility index (Phi) is 6.95. The van der Waals surface area contributed by atoms with Crippen LogP contribution in [0.15, 0.2) is 48.0 Å². The predicted octanol–water partition coefficient (Wildman–Crippen LogP) is 4.41. The minimum absolute atomic E-state index is 0.0840. The maximum Gasteiger partial charge on any atom is 0.266 e. The Morgan fingerprint density at radius 1 is 1.22 bits per heavy atom. The first-order chi connectivity index (χ1) is 12.9. The Hall–Kier alpha value is -3.33. The lowest BCUT2D eigenvalue weighted by molar-refractivity contribution is -0.112. The lowest BCUT2D eigenvalue weighted by Crippen LogP contribution is -2.13. The summed E-state index contributed by atoms with van der Waals surface area (Å²) in [6.07, 6.45) is 1.46. The number of carbonyl (C=O) groups excluding carboxylic acids is 1. The second-order valence-electron chi connectivity index (χ2n) is 6.25. The van der Waals surface area contributed by atoms with Gasteiger partial charge in [-0.25, -0.2) is 4.39 Å². The number of nitriles is 1. The van der Waals surface area contributed by atoms with Gasteiger partial charge in [0.1, 0.15) is 17.5 Å². The van der Waals surface area contributed by atoms with Gasteiger partial charge in [0.25, 0.3) is 5.91 Å². The second kappa shape index (κ2) is 9.39. The molecule has 2 aromatic rings. The van der Waals surface area contributed by atoms with Crippen molar-refractivity contribution in [3.05, 3.63) is 59.4 Å². The number of hydrogen-bond donors (Lipinski definition) is 1. The molecule has 1 N–H and O–H groups in total. The molecule has 6 heteroatoms. The smallest absolute Gasteiger partial charge is 0.266 e. The molecule has 0 aliphatic rings. The van der Waals surface area contributed by atoms with Crippen molar-refractivity contribution >= 4 is 17.7 Å². The lowest BCUT2D eigenvalue weighted by atomic mass is 10.1. The highest BCUT2D eigenvalue weighted by Gasteiger charge is 2.11. The summed E-state index contributed by atoms with van der Waals surface area (Å²) in [4.78, 5) is 12.3. The van der Waals surface area contributed by atoms with Gasteiger partial charge < -0.3 is 14.8 Å². The van der Waals surface area contributed by atoms with Crippen molar-refractivity contribution < 1.29 is 18.7 Å². The zero-order valence-electron chi connectivity index (χ0n) is 15.5. The molecule has 0 bridgehead atoms. The minimum Gasteiger partial charge on any atom is -0.493 e. The van der Waals surface area contributed by atoms with Crippen LogP contribution in [-0.2, 0) is 4.79 Å². The molecular formula is C21H21FN2O3. The number of benzene rings is 2. The maximum atomic E-state index is 13.0. The molecule has 1 amide bonds. The highest BCUT2D eigenvalue weighted by molar-refractivity contribution is 6.09. The molecule has 2 aromatic carbocycles. The van der Waals surface area contributed by atoms with Crippen LogP contribution in [0.5, 0.6) is 11.5 Å². The fraction of sp³-hybridized carbons (Fsp3) is 0.238. The van der Waals surface area contributed by atoms with E-state index < -0.39 is 11.7 Å². The van der Waals surface area contributed by atoms with Gasteiger partial charge in [0, 0.05) is 5.69 Å². The lowest BCUT2D eigenvalue weighted by Gasteiger charge is -2.13. The Labute approximate surface area is 158 Å². The summed E-state index contributed by atoms with van der Waals surface area (Å²) in [7, 11) is 1.55. The number of methoxy groups -OCH3 is 1. The van der Waals surface area contributed by atoms with Crippen molar-refractivity contribution in [2.75, 3.05) is 19.0 Å². The summed E-state index contributed by atoms with van der Waals surface area (Å²) >= 11 is 0. The van der Waals surface area contributed by atoms with Crippen molar-refractivity contribution in [1.29, 1.82) is 5.26 Å². The number of carbonyl (C=O) groups is 1. The number of halogens is 1. The average Bonchev–Trinajstić information content (AvgIpc) is 2.66.